The minimum Gasteiger partial charge on any atom is -0.489 e. The largest absolute Gasteiger partial charge is 0.489 e. The van der Waals surface area contributed by atoms with Crippen molar-refractivity contribution >= 4 is 29.0 Å². The van der Waals surface area contributed by atoms with Crippen molar-refractivity contribution in [2.75, 3.05) is 6.26 Å². The van der Waals surface area contributed by atoms with Crippen molar-refractivity contribution in [1.29, 1.82) is 0 Å². The van der Waals surface area contributed by atoms with Gasteiger partial charge in [0.05, 0.1) is 0 Å². The Labute approximate surface area is 123 Å². The Morgan fingerprint density at radius 3 is 2.47 bits per heavy atom. The van der Waals surface area contributed by atoms with Crippen molar-refractivity contribution < 1.29 is 4.74 Å². The van der Waals surface area contributed by atoms with E-state index in [2.05, 4.69) is 0 Å². The molecule has 0 aliphatic heterocycles. The fourth-order valence-electron chi connectivity index (χ4n) is 1.72. The molecule has 2 N–H and O–H groups in total. The predicted octanol–water partition coefficient (Wildman–Crippen LogP) is 3.62. The lowest BCUT2D eigenvalue weighted by Gasteiger charge is -2.10. The van der Waals surface area contributed by atoms with Crippen LogP contribution in [-0.2, 0) is 6.61 Å². The van der Waals surface area contributed by atoms with Crippen molar-refractivity contribution in [1.82, 2.24) is 0 Å². The lowest BCUT2D eigenvalue weighted by atomic mass is 10.1. The molecule has 0 spiro atoms. The zero-order valence-electron chi connectivity index (χ0n) is 10.6. The molecule has 19 heavy (non-hydrogen) atoms. The number of thioether (sulfide) groups is 1. The van der Waals surface area contributed by atoms with Crippen LogP contribution < -0.4 is 10.5 Å². The van der Waals surface area contributed by atoms with Crippen LogP contribution in [-0.4, -0.2) is 11.2 Å². The predicted molar refractivity (Wildman–Crippen MR) is 84.9 cm³/mol. The van der Waals surface area contributed by atoms with Crippen molar-refractivity contribution in [2.45, 2.75) is 11.5 Å². The second kappa shape index (κ2) is 6.59. The SMILES string of the molecule is CSc1ccc(OCc2ccccc2C(N)=S)cc1. The van der Waals surface area contributed by atoms with Gasteiger partial charge in [-0.15, -0.1) is 11.8 Å². The van der Waals surface area contributed by atoms with Crippen LogP contribution in [0.25, 0.3) is 0 Å². The molecular weight excluding hydrogens is 274 g/mol. The summed E-state index contributed by atoms with van der Waals surface area (Å²) in [5.41, 5.74) is 7.57. The minimum atomic E-state index is 0.400. The Balaban J connectivity index is 2.07. The minimum absolute atomic E-state index is 0.400. The van der Waals surface area contributed by atoms with E-state index >= 15 is 0 Å². The van der Waals surface area contributed by atoms with Gasteiger partial charge in [0.25, 0.3) is 0 Å². The second-order valence-corrected chi connectivity index (χ2v) is 5.31. The third-order valence-electron chi connectivity index (χ3n) is 2.74. The van der Waals surface area contributed by atoms with Gasteiger partial charge in [-0.2, -0.15) is 0 Å². The van der Waals surface area contributed by atoms with E-state index in [0.29, 0.717) is 11.6 Å². The number of nitrogens with two attached hydrogens (primary N) is 1. The Morgan fingerprint density at radius 1 is 1.16 bits per heavy atom. The van der Waals surface area contributed by atoms with Crippen LogP contribution in [0.4, 0.5) is 0 Å². The monoisotopic (exact) mass is 289 g/mol. The number of hydrogen-bond acceptors (Lipinski definition) is 3. The van der Waals surface area contributed by atoms with Crippen LogP contribution in [0.15, 0.2) is 53.4 Å². The van der Waals surface area contributed by atoms with E-state index in [1.54, 1.807) is 11.8 Å². The van der Waals surface area contributed by atoms with E-state index < -0.39 is 0 Å². The summed E-state index contributed by atoms with van der Waals surface area (Å²) in [6.45, 7) is 0.464. The number of hydrogen-bond donors (Lipinski definition) is 1. The van der Waals surface area contributed by atoms with E-state index in [1.807, 2.05) is 54.8 Å². The smallest absolute Gasteiger partial charge is 0.119 e. The van der Waals surface area contributed by atoms with Gasteiger partial charge in [-0.3, -0.25) is 0 Å². The van der Waals surface area contributed by atoms with Crippen LogP contribution >= 0.6 is 24.0 Å². The average Bonchev–Trinajstić information content (AvgIpc) is 2.46. The van der Waals surface area contributed by atoms with E-state index in [4.69, 9.17) is 22.7 Å². The normalized spacial score (nSPS) is 10.2. The Kier molecular flexibility index (Phi) is 4.82. The molecule has 0 fully saturated rings. The lowest BCUT2D eigenvalue weighted by Crippen LogP contribution is -2.13. The van der Waals surface area contributed by atoms with Gasteiger partial charge in [-0.1, -0.05) is 36.5 Å². The van der Waals surface area contributed by atoms with E-state index in [0.717, 1.165) is 16.9 Å². The highest BCUT2D eigenvalue weighted by Gasteiger charge is 2.05. The zero-order chi connectivity index (χ0) is 13.7. The standard InChI is InChI=1S/C15H15NOS2/c1-19-13-8-6-12(7-9-13)17-10-11-4-2-3-5-14(11)15(16)18/h2-9H,10H2,1H3,(H2,16,18). The first-order chi connectivity index (χ1) is 9.20. The summed E-state index contributed by atoms with van der Waals surface area (Å²) in [5.74, 6) is 0.843. The summed E-state index contributed by atoms with van der Waals surface area (Å²) in [6, 6.07) is 15.8. The number of benzene rings is 2. The fourth-order valence-corrected chi connectivity index (χ4v) is 2.33. The van der Waals surface area contributed by atoms with E-state index in [9.17, 15) is 0 Å². The molecule has 98 valence electrons. The molecule has 0 amide bonds. The molecule has 0 atom stereocenters. The van der Waals surface area contributed by atoms with Crippen LogP contribution in [0.5, 0.6) is 5.75 Å². The summed E-state index contributed by atoms with van der Waals surface area (Å²) in [5, 5.41) is 0. The summed E-state index contributed by atoms with van der Waals surface area (Å²) in [4.78, 5) is 1.62. The summed E-state index contributed by atoms with van der Waals surface area (Å²) in [6.07, 6.45) is 2.05. The molecule has 2 aromatic carbocycles. The van der Waals surface area contributed by atoms with Crippen LogP contribution in [0.2, 0.25) is 0 Å². The topological polar surface area (TPSA) is 35.2 Å². The first-order valence-electron chi connectivity index (χ1n) is 5.85. The summed E-state index contributed by atoms with van der Waals surface area (Å²) in [7, 11) is 0. The average molecular weight is 289 g/mol. The molecule has 0 radical (unpaired) electrons. The molecule has 4 heteroatoms. The molecule has 2 nitrogen and oxygen atoms in total. The molecule has 0 bridgehead atoms. The summed E-state index contributed by atoms with van der Waals surface area (Å²) >= 11 is 6.74. The van der Waals surface area contributed by atoms with Gasteiger partial charge in [0.1, 0.15) is 17.3 Å². The van der Waals surface area contributed by atoms with Gasteiger partial charge >= 0.3 is 0 Å². The molecule has 0 saturated carbocycles. The van der Waals surface area contributed by atoms with Gasteiger partial charge in [-0.25, -0.2) is 0 Å². The van der Waals surface area contributed by atoms with Crippen molar-refractivity contribution in [3.8, 4) is 5.75 Å². The van der Waals surface area contributed by atoms with Crippen molar-refractivity contribution in [2.24, 2.45) is 5.73 Å². The Hall–Kier alpha value is -1.52. The molecule has 2 aromatic rings. The van der Waals surface area contributed by atoms with Crippen LogP contribution in [0.1, 0.15) is 11.1 Å². The Morgan fingerprint density at radius 2 is 1.84 bits per heavy atom. The number of thiocarbonyl (C=S) groups is 1. The molecule has 0 aliphatic rings. The highest BCUT2D eigenvalue weighted by atomic mass is 32.2. The highest BCUT2D eigenvalue weighted by molar-refractivity contribution is 7.98. The fraction of sp³-hybridized carbons (Fsp3) is 0.133. The number of rotatable bonds is 5. The molecule has 0 saturated heterocycles. The quantitative estimate of drug-likeness (QED) is 0.673. The Bertz CT molecular complexity index is 567. The lowest BCUT2D eigenvalue weighted by molar-refractivity contribution is 0.306. The summed E-state index contributed by atoms with van der Waals surface area (Å²) < 4.78 is 5.76. The maximum atomic E-state index is 5.76. The molecule has 0 aromatic heterocycles. The zero-order valence-corrected chi connectivity index (χ0v) is 12.3. The highest BCUT2D eigenvalue weighted by Crippen LogP contribution is 2.20. The number of ether oxygens (including phenoxy) is 1. The second-order valence-electron chi connectivity index (χ2n) is 3.99. The van der Waals surface area contributed by atoms with Crippen LogP contribution in [0, 0.1) is 0 Å². The molecule has 0 unspecified atom stereocenters. The first-order valence-corrected chi connectivity index (χ1v) is 7.48. The third-order valence-corrected chi connectivity index (χ3v) is 3.70. The first kappa shape index (κ1) is 13.9. The van der Waals surface area contributed by atoms with Gasteiger partial charge < -0.3 is 10.5 Å². The van der Waals surface area contributed by atoms with Crippen LogP contribution in [0.3, 0.4) is 0 Å². The van der Waals surface area contributed by atoms with Crippen molar-refractivity contribution in [3.05, 3.63) is 59.7 Å². The van der Waals surface area contributed by atoms with E-state index in [1.165, 1.54) is 4.90 Å². The van der Waals surface area contributed by atoms with Crippen molar-refractivity contribution in [3.63, 3.8) is 0 Å². The molecule has 2 rings (SSSR count). The van der Waals surface area contributed by atoms with Gasteiger partial charge in [0.2, 0.25) is 0 Å². The maximum absolute atomic E-state index is 5.76. The third kappa shape index (κ3) is 3.72. The van der Waals surface area contributed by atoms with E-state index in [-0.39, 0.29) is 0 Å². The maximum Gasteiger partial charge on any atom is 0.119 e. The molecule has 0 aliphatic carbocycles. The van der Waals surface area contributed by atoms with Gasteiger partial charge in [0.15, 0.2) is 0 Å². The van der Waals surface area contributed by atoms with Gasteiger partial charge in [0, 0.05) is 10.5 Å². The molecule has 0 heterocycles. The molecular formula is C15H15NOS2. The van der Waals surface area contributed by atoms with Gasteiger partial charge in [-0.05, 0) is 36.1 Å².